The average Bonchev–Trinajstić information content (AvgIpc) is 3.08. The minimum atomic E-state index is 0.413. The van der Waals surface area contributed by atoms with Crippen LogP contribution in [0.3, 0.4) is 0 Å². The Balaban J connectivity index is 2.11. The molecule has 0 saturated heterocycles. The fourth-order valence-corrected chi connectivity index (χ4v) is 2.22. The van der Waals surface area contributed by atoms with Crippen molar-refractivity contribution in [3.63, 3.8) is 0 Å². The van der Waals surface area contributed by atoms with Crippen LogP contribution in [0.1, 0.15) is 32.2 Å². The van der Waals surface area contributed by atoms with E-state index in [1.165, 1.54) is 0 Å². The molecule has 0 radical (unpaired) electrons. The number of aliphatic imine (C=N–C) groups is 1. The number of aryl methyl sites for hydroxylation is 1. The molecule has 2 N–H and O–H groups in total. The first-order valence-electron chi connectivity index (χ1n) is 8.50. The lowest BCUT2D eigenvalue weighted by atomic mass is 10.2. The van der Waals surface area contributed by atoms with Gasteiger partial charge in [0.05, 0.1) is 19.4 Å². The number of anilines is 1. The Hall–Kier alpha value is -2.70. The highest BCUT2D eigenvalue weighted by molar-refractivity contribution is 5.93. The van der Waals surface area contributed by atoms with Crippen molar-refractivity contribution in [1.82, 2.24) is 10.5 Å². The van der Waals surface area contributed by atoms with E-state index in [-0.39, 0.29) is 0 Å². The van der Waals surface area contributed by atoms with E-state index in [0.29, 0.717) is 30.6 Å². The summed E-state index contributed by atoms with van der Waals surface area (Å²) < 4.78 is 16.2. The second kappa shape index (κ2) is 9.56. The molecule has 7 heteroatoms. The normalized spacial score (nSPS) is 11.3. The van der Waals surface area contributed by atoms with Gasteiger partial charge in [-0.15, -0.1) is 0 Å². The Morgan fingerprint density at radius 2 is 2.04 bits per heavy atom. The molecule has 0 fully saturated rings. The first-order chi connectivity index (χ1) is 12.2. The van der Waals surface area contributed by atoms with Crippen LogP contribution in [-0.2, 0) is 13.0 Å². The lowest BCUT2D eigenvalue weighted by molar-refractivity contribution is 0.311. The largest absolute Gasteiger partial charge is 0.493 e. The van der Waals surface area contributed by atoms with Crippen LogP contribution in [0.5, 0.6) is 11.5 Å². The van der Waals surface area contributed by atoms with Gasteiger partial charge in [-0.1, -0.05) is 12.1 Å². The van der Waals surface area contributed by atoms with E-state index >= 15 is 0 Å². The second-order valence-electron chi connectivity index (χ2n) is 5.26. The zero-order chi connectivity index (χ0) is 18.1. The predicted molar refractivity (Wildman–Crippen MR) is 98.5 cm³/mol. The van der Waals surface area contributed by atoms with Gasteiger partial charge in [-0.05, 0) is 32.4 Å². The molecule has 136 valence electrons. The first kappa shape index (κ1) is 18.6. The highest BCUT2D eigenvalue weighted by Gasteiger charge is 2.08. The Bertz CT molecular complexity index is 697. The van der Waals surface area contributed by atoms with Gasteiger partial charge in [0.2, 0.25) is 0 Å². The van der Waals surface area contributed by atoms with Crippen LogP contribution in [0.4, 0.5) is 5.69 Å². The van der Waals surface area contributed by atoms with Gasteiger partial charge in [0.1, 0.15) is 6.54 Å². The summed E-state index contributed by atoms with van der Waals surface area (Å²) in [5.41, 5.74) is 1.79. The molecular weight excluding hydrogens is 320 g/mol. The summed E-state index contributed by atoms with van der Waals surface area (Å²) >= 11 is 0. The number of rotatable bonds is 8. The minimum Gasteiger partial charge on any atom is -0.493 e. The van der Waals surface area contributed by atoms with Crippen molar-refractivity contribution in [3.8, 4) is 11.5 Å². The number of guanidine groups is 1. The molecule has 0 unspecified atom stereocenters. The number of benzene rings is 1. The van der Waals surface area contributed by atoms with Crippen LogP contribution in [-0.4, -0.2) is 31.4 Å². The molecule has 1 aromatic heterocycles. The van der Waals surface area contributed by atoms with Gasteiger partial charge < -0.3 is 24.6 Å². The predicted octanol–water partition coefficient (Wildman–Crippen LogP) is 3.22. The van der Waals surface area contributed by atoms with Gasteiger partial charge in [-0.2, -0.15) is 0 Å². The highest BCUT2D eigenvalue weighted by atomic mass is 16.5. The summed E-state index contributed by atoms with van der Waals surface area (Å²) in [4.78, 5) is 4.53. The van der Waals surface area contributed by atoms with Gasteiger partial charge >= 0.3 is 0 Å². The maximum Gasteiger partial charge on any atom is 0.196 e. The van der Waals surface area contributed by atoms with E-state index in [4.69, 9.17) is 14.0 Å². The fraction of sp³-hybridized carbons (Fsp3) is 0.444. The molecule has 0 aliphatic rings. The van der Waals surface area contributed by atoms with E-state index in [0.717, 1.165) is 30.1 Å². The number of nitrogens with one attached hydrogen (secondary N) is 2. The molecule has 2 aromatic rings. The molecule has 0 spiro atoms. The van der Waals surface area contributed by atoms with Crippen LogP contribution in [0.2, 0.25) is 0 Å². The number of aromatic nitrogens is 1. The molecule has 7 nitrogen and oxygen atoms in total. The van der Waals surface area contributed by atoms with E-state index in [1.54, 1.807) is 7.11 Å². The van der Waals surface area contributed by atoms with Crippen molar-refractivity contribution in [2.24, 2.45) is 4.99 Å². The van der Waals surface area contributed by atoms with Crippen LogP contribution >= 0.6 is 0 Å². The molecule has 1 aromatic carbocycles. The summed E-state index contributed by atoms with van der Waals surface area (Å²) in [7, 11) is 1.62. The van der Waals surface area contributed by atoms with E-state index < -0.39 is 0 Å². The first-order valence-corrected chi connectivity index (χ1v) is 8.50. The number of nitrogens with zero attached hydrogens (tertiary/aromatic N) is 2. The molecule has 0 atom stereocenters. The summed E-state index contributed by atoms with van der Waals surface area (Å²) in [6, 6.07) is 7.59. The van der Waals surface area contributed by atoms with Crippen LogP contribution in [0.15, 0.2) is 33.8 Å². The summed E-state index contributed by atoms with van der Waals surface area (Å²) in [5.74, 6) is 2.78. The van der Waals surface area contributed by atoms with Crippen molar-refractivity contribution < 1.29 is 14.0 Å². The maximum absolute atomic E-state index is 5.61. The van der Waals surface area contributed by atoms with Crippen LogP contribution < -0.4 is 20.1 Å². The highest BCUT2D eigenvalue weighted by Crippen LogP contribution is 2.30. The summed E-state index contributed by atoms with van der Waals surface area (Å²) in [5, 5.41) is 10.4. The van der Waals surface area contributed by atoms with E-state index in [1.807, 2.05) is 45.0 Å². The Morgan fingerprint density at radius 3 is 2.68 bits per heavy atom. The Labute approximate surface area is 148 Å². The molecule has 0 bridgehead atoms. The van der Waals surface area contributed by atoms with Crippen molar-refractivity contribution in [3.05, 3.63) is 35.7 Å². The Morgan fingerprint density at radius 1 is 1.20 bits per heavy atom. The van der Waals surface area contributed by atoms with Crippen molar-refractivity contribution in [2.45, 2.75) is 33.7 Å². The van der Waals surface area contributed by atoms with Crippen molar-refractivity contribution in [1.29, 1.82) is 0 Å². The standard InChI is InChI=1S/C18H26N4O3/c1-5-13-10-15(25-22-13)12-20-18(19-6-2)21-14-8-9-16(23-4)17(11-14)24-7-3/h8-11H,5-7,12H2,1-4H3,(H2,19,20,21). The topological polar surface area (TPSA) is 80.9 Å². The van der Waals surface area contributed by atoms with Gasteiger partial charge in [0.15, 0.2) is 23.2 Å². The van der Waals surface area contributed by atoms with Crippen LogP contribution in [0, 0.1) is 0 Å². The second-order valence-corrected chi connectivity index (χ2v) is 5.26. The number of hydrogen-bond acceptors (Lipinski definition) is 5. The van der Waals surface area contributed by atoms with E-state index in [2.05, 4.69) is 20.8 Å². The molecule has 25 heavy (non-hydrogen) atoms. The smallest absolute Gasteiger partial charge is 0.196 e. The fourth-order valence-electron chi connectivity index (χ4n) is 2.22. The lowest BCUT2D eigenvalue weighted by Gasteiger charge is -2.14. The molecular formula is C18H26N4O3. The summed E-state index contributed by atoms with van der Waals surface area (Å²) in [6.45, 7) is 7.72. The molecule has 2 rings (SSSR count). The number of hydrogen-bond donors (Lipinski definition) is 2. The van der Waals surface area contributed by atoms with Gasteiger partial charge in [0.25, 0.3) is 0 Å². The average molecular weight is 346 g/mol. The van der Waals surface area contributed by atoms with E-state index in [9.17, 15) is 0 Å². The SMILES string of the molecule is CCNC(=NCc1cc(CC)no1)Nc1ccc(OC)c(OCC)c1. The van der Waals surface area contributed by atoms with Crippen molar-refractivity contribution in [2.75, 3.05) is 25.6 Å². The van der Waals surface area contributed by atoms with Gasteiger partial charge in [-0.3, -0.25) is 0 Å². The molecule has 0 aliphatic heterocycles. The third-order valence-electron chi connectivity index (χ3n) is 3.43. The molecule has 0 amide bonds. The number of methoxy groups -OCH3 is 1. The molecule has 0 saturated carbocycles. The molecule has 0 aliphatic carbocycles. The monoisotopic (exact) mass is 346 g/mol. The third kappa shape index (κ3) is 5.41. The number of ether oxygens (including phenoxy) is 2. The third-order valence-corrected chi connectivity index (χ3v) is 3.43. The quantitative estimate of drug-likeness (QED) is 0.564. The summed E-state index contributed by atoms with van der Waals surface area (Å²) in [6.07, 6.45) is 0.845. The van der Waals surface area contributed by atoms with Gasteiger partial charge in [-0.25, -0.2) is 4.99 Å². The Kier molecular flexibility index (Phi) is 7.13. The maximum atomic E-state index is 5.61. The van der Waals surface area contributed by atoms with Crippen LogP contribution in [0.25, 0.3) is 0 Å². The zero-order valence-corrected chi connectivity index (χ0v) is 15.3. The van der Waals surface area contributed by atoms with Crippen molar-refractivity contribution >= 4 is 11.6 Å². The lowest BCUT2D eigenvalue weighted by Crippen LogP contribution is -2.30. The zero-order valence-electron chi connectivity index (χ0n) is 15.3. The van der Waals surface area contributed by atoms with Gasteiger partial charge in [0, 0.05) is 24.4 Å². The molecule has 1 heterocycles. The minimum absolute atomic E-state index is 0.413.